The maximum absolute atomic E-state index is 12.1. The fourth-order valence-corrected chi connectivity index (χ4v) is 6.61. The van der Waals surface area contributed by atoms with Gasteiger partial charge in [-0.3, -0.25) is 9.69 Å². The van der Waals surface area contributed by atoms with Gasteiger partial charge in [0.2, 0.25) is 0 Å². The predicted molar refractivity (Wildman–Crippen MR) is 104 cm³/mol. The second kappa shape index (κ2) is 6.18. The van der Waals surface area contributed by atoms with Crippen LogP contribution in [0.3, 0.4) is 0 Å². The van der Waals surface area contributed by atoms with Crippen LogP contribution in [0.25, 0.3) is 0 Å². The number of hydrogen-bond acceptors (Lipinski definition) is 5. The number of primary amides is 1. The maximum Gasteiger partial charge on any atom is 0.252 e. The third-order valence-electron chi connectivity index (χ3n) is 8.23. The number of likely N-dealkylation sites (tertiary alicyclic amines) is 1. The van der Waals surface area contributed by atoms with E-state index in [0.717, 1.165) is 24.6 Å². The van der Waals surface area contributed by atoms with Crippen molar-refractivity contribution in [2.24, 2.45) is 11.7 Å². The minimum absolute atomic E-state index is 0.0133. The molecule has 2 saturated carbocycles. The maximum atomic E-state index is 12.1. The molecule has 28 heavy (non-hydrogen) atoms. The Morgan fingerprint density at radius 1 is 1.25 bits per heavy atom. The Kier molecular flexibility index (Phi) is 4.06. The highest BCUT2D eigenvalue weighted by molar-refractivity contribution is 5.96. The van der Waals surface area contributed by atoms with Crippen molar-refractivity contribution in [1.29, 1.82) is 0 Å². The molecule has 1 aliphatic heterocycles. The molecule has 6 nitrogen and oxygen atoms in total. The largest absolute Gasteiger partial charge is 0.507 e. The number of fused-ring (bicyclic) bond motifs is 1. The summed E-state index contributed by atoms with van der Waals surface area (Å²) in [6.07, 6.45) is 6.15. The summed E-state index contributed by atoms with van der Waals surface area (Å²) >= 11 is 0. The van der Waals surface area contributed by atoms with Crippen molar-refractivity contribution < 1.29 is 20.1 Å². The van der Waals surface area contributed by atoms with Crippen LogP contribution in [0.15, 0.2) is 12.1 Å². The van der Waals surface area contributed by atoms with E-state index in [1.165, 1.54) is 19.3 Å². The van der Waals surface area contributed by atoms with Gasteiger partial charge in [-0.1, -0.05) is 12.5 Å². The molecule has 4 unspecified atom stereocenters. The van der Waals surface area contributed by atoms with Crippen LogP contribution in [0.4, 0.5) is 0 Å². The van der Waals surface area contributed by atoms with E-state index in [-0.39, 0.29) is 17.4 Å². The van der Waals surface area contributed by atoms with Crippen LogP contribution in [0.5, 0.6) is 5.75 Å². The molecule has 1 aromatic rings. The lowest BCUT2D eigenvalue weighted by atomic mass is 9.48. The molecular formula is C22H30N2O4. The lowest BCUT2D eigenvalue weighted by Gasteiger charge is -2.64. The quantitative estimate of drug-likeness (QED) is 0.629. The zero-order chi connectivity index (χ0) is 19.7. The number of aliphatic hydroxyl groups is 2. The van der Waals surface area contributed by atoms with E-state index >= 15 is 0 Å². The number of hydrogen-bond donors (Lipinski definition) is 4. The zero-order valence-corrected chi connectivity index (χ0v) is 16.2. The molecule has 5 rings (SSSR count). The molecule has 1 amide bonds. The van der Waals surface area contributed by atoms with Crippen molar-refractivity contribution in [2.75, 3.05) is 13.1 Å². The molecule has 1 saturated heterocycles. The Morgan fingerprint density at radius 3 is 2.71 bits per heavy atom. The van der Waals surface area contributed by atoms with E-state index in [0.29, 0.717) is 37.7 Å². The SMILES string of the molecule is NC(=O)c1ccc2c(c1O)C13CCN(CC4CCC4)C(C2)C1(O)CCC(O)C3. The number of piperidine rings is 1. The average molecular weight is 386 g/mol. The van der Waals surface area contributed by atoms with Gasteiger partial charge >= 0.3 is 0 Å². The molecular weight excluding hydrogens is 356 g/mol. The molecule has 5 N–H and O–H groups in total. The van der Waals surface area contributed by atoms with Crippen LogP contribution in [-0.2, 0) is 11.8 Å². The monoisotopic (exact) mass is 386 g/mol. The molecule has 1 heterocycles. The molecule has 152 valence electrons. The number of aliphatic hydroxyl groups excluding tert-OH is 1. The van der Waals surface area contributed by atoms with E-state index < -0.39 is 23.0 Å². The van der Waals surface area contributed by atoms with Crippen molar-refractivity contribution in [3.8, 4) is 5.75 Å². The number of phenols is 1. The molecule has 0 radical (unpaired) electrons. The highest BCUT2D eigenvalue weighted by Gasteiger charge is 2.65. The van der Waals surface area contributed by atoms with Crippen LogP contribution in [0, 0.1) is 5.92 Å². The number of nitrogens with zero attached hydrogens (tertiary/aromatic N) is 1. The van der Waals surface area contributed by atoms with Crippen molar-refractivity contribution in [1.82, 2.24) is 4.90 Å². The molecule has 2 bridgehead atoms. The summed E-state index contributed by atoms with van der Waals surface area (Å²) in [5.74, 6) is -0.0399. The van der Waals surface area contributed by atoms with Gasteiger partial charge in [0.1, 0.15) is 5.75 Å². The van der Waals surface area contributed by atoms with E-state index in [4.69, 9.17) is 5.73 Å². The number of benzene rings is 1. The molecule has 4 atom stereocenters. The standard InChI is InChI=1S/C22H30N2O4/c23-20(27)16-5-4-14-10-17-22(28)7-6-15(25)11-21(22,18(14)19(16)26)8-9-24(17)12-13-2-1-3-13/h4-5,13,15,17,25-26,28H,1-3,6-12H2,(H2,23,27). The number of amides is 1. The Balaban J connectivity index is 1.65. The lowest BCUT2D eigenvalue weighted by molar-refractivity contribution is -0.185. The van der Waals surface area contributed by atoms with Crippen molar-refractivity contribution in [3.05, 3.63) is 28.8 Å². The molecule has 3 aliphatic carbocycles. The van der Waals surface area contributed by atoms with Crippen LogP contribution >= 0.6 is 0 Å². The summed E-state index contributed by atoms with van der Waals surface area (Å²) in [5.41, 5.74) is 5.49. The number of aromatic hydroxyl groups is 1. The molecule has 0 aromatic heterocycles. The summed E-state index contributed by atoms with van der Waals surface area (Å²) in [5, 5.41) is 33.6. The van der Waals surface area contributed by atoms with Gasteiger partial charge in [-0.05, 0) is 69.0 Å². The van der Waals surface area contributed by atoms with Gasteiger partial charge in [-0.2, -0.15) is 0 Å². The van der Waals surface area contributed by atoms with Crippen molar-refractivity contribution >= 4 is 5.91 Å². The first-order valence-corrected chi connectivity index (χ1v) is 10.7. The second-order valence-corrected chi connectivity index (χ2v) is 9.52. The average Bonchev–Trinajstić information content (AvgIpc) is 2.59. The fourth-order valence-electron chi connectivity index (χ4n) is 6.61. The van der Waals surface area contributed by atoms with Crippen LogP contribution in [0.2, 0.25) is 0 Å². The predicted octanol–water partition coefficient (Wildman–Crippen LogP) is 1.44. The van der Waals surface area contributed by atoms with E-state index in [1.54, 1.807) is 6.07 Å². The Labute approximate surface area is 165 Å². The number of carbonyl (C=O) groups excluding carboxylic acids is 1. The smallest absolute Gasteiger partial charge is 0.252 e. The Morgan fingerprint density at radius 2 is 2.04 bits per heavy atom. The van der Waals surface area contributed by atoms with Gasteiger partial charge in [0, 0.05) is 23.6 Å². The minimum Gasteiger partial charge on any atom is -0.507 e. The normalized spacial score (nSPS) is 37.6. The molecule has 6 heteroatoms. The second-order valence-electron chi connectivity index (χ2n) is 9.52. The highest BCUT2D eigenvalue weighted by Crippen LogP contribution is 2.60. The van der Waals surface area contributed by atoms with Crippen molar-refractivity contribution in [3.63, 3.8) is 0 Å². The van der Waals surface area contributed by atoms with Crippen LogP contribution < -0.4 is 5.73 Å². The van der Waals surface area contributed by atoms with Crippen LogP contribution in [0.1, 0.15) is 66.4 Å². The minimum atomic E-state index is -1.00. The first-order chi connectivity index (χ1) is 13.4. The Bertz CT molecular complexity index is 823. The Hall–Kier alpha value is -1.63. The molecule has 1 aromatic carbocycles. The van der Waals surface area contributed by atoms with Gasteiger partial charge in [0.05, 0.1) is 17.3 Å². The molecule has 0 spiro atoms. The van der Waals surface area contributed by atoms with E-state index in [9.17, 15) is 20.1 Å². The summed E-state index contributed by atoms with van der Waals surface area (Å²) in [4.78, 5) is 14.3. The topological polar surface area (TPSA) is 107 Å². The number of nitrogens with two attached hydrogens (primary N) is 1. The fraction of sp³-hybridized carbons (Fsp3) is 0.682. The lowest BCUT2D eigenvalue weighted by Crippen LogP contribution is -2.73. The number of carbonyl (C=O) groups is 1. The van der Waals surface area contributed by atoms with Crippen LogP contribution in [-0.4, -0.2) is 57.0 Å². The van der Waals surface area contributed by atoms with Gasteiger partial charge in [0.15, 0.2) is 0 Å². The van der Waals surface area contributed by atoms with Gasteiger partial charge in [-0.15, -0.1) is 0 Å². The van der Waals surface area contributed by atoms with Gasteiger partial charge < -0.3 is 21.1 Å². The summed E-state index contributed by atoms with van der Waals surface area (Å²) in [6, 6.07) is 3.47. The molecule has 4 aliphatic rings. The van der Waals surface area contributed by atoms with E-state index in [2.05, 4.69) is 4.90 Å². The van der Waals surface area contributed by atoms with Crippen molar-refractivity contribution in [2.45, 2.75) is 74.5 Å². The van der Waals surface area contributed by atoms with Gasteiger partial charge in [-0.25, -0.2) is 0 Å². The third kappa shape index (κ3) is 2.34. The summed E-state index contributed by atoms with van der Waals surface area (Å²) in [7, 11) is 0. The summed E-state index contributed by atoms with van der Waals surface area (Å²) < 4.78 is 0. The first-order valence-electron chi connectivity index (χ1n) is 10.7. The third-order valence-corrected chi connectivity index (χ3v) is 8.23. The number of rotatable bonds is 3. The summed E-state index contributed by atoms with van der Waals surface area (Å²) in [6.45, 7) is 1.86. The first kappa shape index (κ1) is 18.4. The van der Waals surface area contributed by atoms with Gasteiger partial charge in [0.25, 0.3) is 5.91 Å². The zero-order valence-electron chi connectivity index (χ0n) is 16.2. The highest BCUT2D eigenvalue weighted by atomic mass is 16.3. The molecule has 3 fully saturated rings. The van der Waals surface area contributed by atoms with E-state index in [1.807, 2.05) is 6.07 Å².